The maximum atomic E-state index is 8.24. The summed E-state index contributed by atoms with van der Waals surface area (Å²) in [6, 6.07) is 0. The summed E-state index contributed by atoms with van der Waals surface area (Å²) in [7, 11) is 0. The second-order valence-electron chi connectivity index (χ2n) is 2.37. The number of oxime groups is 1. The first-order valence-electron chi connectivity index (χ1n) is 3.93. The highest BCUT2D eigenvalue weighted by Crippen LogP contribution is 1.89. The van der Waals surface area contributed by atoms with E-state index in [1.54, 1.807) is 0 Å². The van der Waals surface area contributed by atoms with E-state index < -0.39 is 0 Å². The Bertz CT molecular complexity index is 121. The van der Waals surface area contributed by atoms with Crippen LogP contribution in [0.2, 0.25) is 0 Å². The van der Waals surface area contributed by atoms with E-state index in [4.69, 9.17) is 10.9 Å². The average Bonchev–Trinajstić information content (AvgIpc) is 2.06. The van der Waals surface area contributed by atoms with E-state index in [0.29, 0.717) is 12.3 Å². The van der Waals surface area contributed by atoms with E-state index >= 15 is 0 Å². The van der Waals surface area contributed by atoms with Crippen molar-refractivity contribution in [1.82, 2.24) is 4.90 Å². The van der Waals surface area contributed by atoms with Gasteiger partial charge in [-0.3, -0.25) is 0 Å². The third-order valence-corrected chi connectivity index (χ3v) is 1.71. The second kappa shape index (κ2) is 5.97. The van der Waals surface area contributed by atoms with Gasteiger partial charge in [0.25, 0.3) is 0 Å². The second-order valence-corrected chi connectivity index (χ2v) is 2.37. The van der Waals surface area contributed by atoms with Crippen LogP contribution in [0.15, 0.2) is 5.16 Å². The van der Waals surface area contributed by atoms with Gasteiger partial charge in [0.1, 0.15) is 5.84 Å². The SMILES string of the molecule is CCN(CC)CC/C(N)=N\O. The molecule has 66 valence electrons. The number of amidine groups is 1. The van der Waals surface area contributed by atoms with Crippen molar-refractivity contribution >= 4 is 5.84 Å². The molecular formula is C7H17N3O. The van der Waals surface area contributed by atoms with Crippen molar-refractivity contribution in [2.24, 2.45) is 10.9 Å². The Balaban J connectivity index is 3.50. The lowest BCUT2D eigenvalue weighted by atomic mass is 10.3. The first kappa shape index (κ1) is 10.2. The smallest absolute Gasteiger partial charge is 0.140 e. The maximum absolute atomic E-state index is 8.24. The third kappa shape index (κ3) is 4.61. The molecule has 0 aliphatic rings. The van der Waals surface area contributed by atoms with Crippen LogP contribution >= 0.6 is 0 Å². The lowest BCUT2D eigenvalue weighted by molar-refractivity contribution is 0.301. The zero-order chi connectivity index (χ0) is 8.69. The summed E-state index contributed by atoms with van der Waals surface area (Å²) in [5.41, 5.74) is 5.30. The molecule has 0 aromatic carbocycles. The largest absolute Gasteiger partial charge is 0.409 e. The molecule has 0 aromatic heterocycles. The lowest BCUT2D eigenvalue weighted by Gasteiger charge is -2.16. The van der Waals surface area contributed by atoms with Gasteiger partial charge in [-0.15, -0.1) is 0 Å². The number of nitrogens with zero attached hydrogens (tertiary/aromatic N) is 2. The summed E-state index contributed by atoms with van der Waals surface area (Å²) >= 11 is 0. The van der Waals surface area contributed by atoms with Crippen LogP contribution in [0.1, 0.15) is 20.3 Å². The average molecular weight is 159 g/mol. The molecule has 0 bridgehead atoms. The first-order chi connectivity index (χ1) is 5.24. The van der Waals surface area contributed by atoms with Crippen LogP contribution in [0.5, 0.6) is 0 Å². The number of hydrogen-bond donors (Lipinski definition) is 2. The summed E-state index contributed by atoms with van der Waals surface area (Å²) < 4.78 is 0. The molecule has 0 fully saturated rings. The molecule has 0 saturated heterocycles. The van der Waals surface area contributed by atoms with Crippen LogP contribution in [0.4, 0.5) is 0 Å². The molecule has 0 saturated carbocycles. The molecule has 0 amide bonds. The van der Waals surface area contributed by atoms with Gasteiger partial charge in [0.15, 0.2) is 0 Å². The highest BCUT2D eigenvalue weighted by Gasteiger charge is 1.99. The van der Waals surface area contributed by atoms with Crippen LogP contribution in [-0.2, 0) is 0 Å². The fraction of sp³-hybridized carbons (Fsp3) is 0.857. The van der Waals surface area contributed by atoms with Gasteiger partial charge >= 0.3 is 0 Å². The first-order valence-corrected chi connectivity index (χ1v) is 3.93. The van der Waals surface area contributed by atoms with E-state index in [1.165, 1.54) is 0 Å². The highest BCUT2D eigenvalue weighted by atomic mass is 16.4. The van der Waals surface area contributed by atoms with Crippen molar-refractivity contribution < 1.29 is 5.21 Å². The minimum atomic E-state index is 0.303. The van der Waals surface area contributed by atoms with Gasteiger partial charge < -0.3 is 15.8 Å². The molecule has 0 aliphatic heterocycles. The minimum Gasteiger partial charge on any atom is -0.409 e. The van der Waals surface area contributed by atoms with Gasteiger partial charge in [0, 0.05) is 13.0 Å². The van der Waals surface area contributed by atoms with E-state index in [1.807, 2.05) is 0 Å². The maximum Gasteiger partial charge on any atom is 0.140 e. The van der Waals surface area contributed by atoms with Gasteiger partial charge in [0.2, 0.25) is 0 Å². The normalized spacial score (nSPS) is 12.5. The van der Waals surface area contributed by atoms with Crippen LogP contribution in [0.3, 0.4) is 0 Å². The molecule has 4 heteroatoms. The summed E-state index contributed by atoms with van der Waals surface area (Å²) in [5, 5.41) is 11.1. The van der Waals surface area contributed by atoms with Crippen LogP contribution in [0, 0.1) is 0 Å². The van der Waals surface area contributed by atoms with E-state index in [-0.39, 0.29) is 0 Å². The standard InChI is InChI=1S/C7H17N3O/c1-3-10(4-2)6-5-7(8)9-11/h11H,3-6H2,1-2H3,(H2,8,9). The van der Waals surface area contributed by atoms with Crippen molar-refractivity contribution in [3.05, 3.63) is 0 Å². The van der Waals surface area contributed by atoms with Crippen molar-refractivity contribution in [2.75, 3.05) is 19.6 Å². The number of rotatable bonds is 5. The number of nitrogens with two attached hydrogens (primary N) is 1. The Morgan fingerprint density at radius 1 is 1.45 bits per heavy atom. The van der Waals surface area contributed by atoms with Gasteiger partial charge in [-0.1, -0.05) is 19.0 Å². The fourth-order valence-electron chi connectivity index (χ4n) is 0.862. The molecule has 0 aromatic rings. The molecule has 0 aliphatic carbocycles. The van der Waals surface area contributed by atoms with E-state index in [0.717, 1.165) is 19.6 Å². The molecule has 0 unspecified atom stereocenters. The Morgan fingerprint density at radius 2 is 2.00 bits per heavy atom. The minimum absolute atomic E-state index is 0.303. The van der Waals surface area contributed by atoms with Crippen LogP contribution < -0.4 is 5.73 Å². The summed E-state index contributed by atoms with van der Waals surface area (Å²) in [4.78, 5) is 2.22. The van der Waals surface area contributed by atoms with E-state index in [2.05, 4.69) is 23.9 Å². The Morgan fingerprint density at radius 3 is 2.36 bits per heavy atom. The molecular weight excluding hydrogens is 142 g/mol. The summed E-state index contributed by atoms with van der Waals surface area (Å²) in [6.07, 6.45) is 0.637. The third-order valence-electron chi connectivity index (χ3n) is 1.71. The Hall–Kier alpha value is -0.770. The zero-order valence-electron chi connectivity index (χ0n) is 7.25. The quantitative estimate of drug-likeness (QED) is 0.265. The Labute approximate surface area is 67.7 Å². The van der Waals surface area contributed by atoms with Crippen molar-refractivity contribution in [2.45, 2.75) is 20.3 Å². The van der Waals surface area contributed by atoms with Gasteiger partial charge in [0.05, 0.1) is 0 Å². The monoisotopic (exact) mass is 159 g/mol. The van der Waals surface area contributed by atoms with Crippen molar-refractivity contribution in [3.63, 3.8) is 0 Å². The number of hydrogen-bond acceptors (Lipinski definition) is 3. The van der Waals surface area contributed by atoms with Crippen LogP contribution in [-0.4, -0.2) is 35.6 Å². The molecule has 3 N–H and O–H groups in total. The lowest BCUT2D eigenvalue weighted by Crippen LogP contribution is -2.27. The molecule has 0 atom stereocenters. The van der Waals surface area contributed by atoms with Gasteiger partial charge in [-0.25, -0.2) is 0 Å². The molecule has 0 radical (unpaired) electrons. The topological polar surface area (TPSA) is 61.8 Å². The van der Waals surface area contributed by atoms with Gasteiger partial charge in [-0.2, -0.15) is 0 Å². The predicted molar refractivity (Wildman–Crippen MR) is 45.8 cm³/mol. The Kier molecular flexibility index (Phi) is 5.56. The molecule has 11 heavy (non-hydrogen) atoms. The van der Waals surface area contributed by atoms with Crippen molar-refractivity contribution in [3.8, 4) is 0 Å². The molecule has 0 rings (SSSR count). The summed E-state index contributed by atoms with van der Waals surface area (Å²) in [6.45, 7) is 7.07. The van der Waals surface area contributed by atoms with Crippen LogP contribution in [0.25, 0.3) is 0 Å². The zero-order valence-corrected chi connectivity index (χ0v) is 7.25. The van der Waals surface area contributed by atoms with Crippen molar-refractivity contribution in [1.29, 1.82) is 0 Å². The summed E-state index contributed by atoms with van der Waals surface area (Å²) in [5.74, 6) is 0.303. The highest BCUT2D eigenvalue weighted by molar-refractivity contribution is 5.79. The van der Waals surface area contributed by atoms with Gasteiger partial charge in [-0.05, 0) is 13.1 Å². The molecule has 0 heterocycles. The predicted octanol–water partition coefficient (Wildman–Crippen LogP) is 0.465. The molecule has 4 nitrogen and oxygen atoms in total. The van der Waals surface area contributed by atoms with E-state index in [9.17, 15) is 0 Å². The fourth-order valence-corrected chi connectivity index (χ4v) is 0.862. The molecule has 0 spiro atoms.